The summed E-state index contributed by atoms with van der Waals surface area (Å²) in [6, 6.07) is 0.494. The van der Waals surface area contributed by atoms with Crippen LogP contribution in [0.15, 0.2) is 0 Å². The van der Waals surface area contributed by atoms with E-state index < -0.39 is 5.97 Å². The molecular formula is C11H19NO2. The number of rotatable bonds is 3. The normalized spacial score (nSPS) is 33.7. The van der Waals surface area contributed by atoms with E-state index in [1.54, 1.807) is 0 Å². The molecule has 0 unspecified atom stereocenters. The SMILES string of the molecule is O=C(O)C[C@H]1CCCCN[C@@H]1C1CC1. The maximum Gasteiger partial charge on any atom is 0.303 e. The number of carboxylic acid groups (broad SMARTS) is 1. The number of nitrogens with one attached hydrogen (secondary N) is 1. The Morgan fingerprint density at radius 1 is 1.29 bits per heavy atom. The van der Waals surface area contributed by atoms with Crippen molar-refractivity contribution in [2.75, 3.05) is 6.54 Å². The fourth-order valence-electron chi connectivity index (χ4n) is 2.61. The molecule has 1 aliphatic heterocycles. The summed E-state index contributed by atoms with van der Waals surface area (Å²) in [6.45, 7) is 1.08. The zero-order valence-electron chi connectivity index (χ0n) is 8.54. The summed E-state index contributed by atoms with van der Waals surface area (Å²) < 4.78 is 0. The van der Waals surface area contributed by atoms with Crippen LogP contribution in [0.4, 0.5) is 0 Å². The van der Waals surface area contributed by atoms with E-state index in [4.69, 9.17) is 5.11 Å². The van der Waals surface area contributed by atoms with Crippen LogP contribution in [0, 0.1) is 11.8 Å². The third-order valence-corrected chi connectivity index (χ3v) is 3.46. The topological polar surface area (TPSA) is 49.3 Å². The average molecular weight is 197 g/mol. The molecule has 0 bridgehead atoms. The van der Waals surface area contributed by atoms with E-state index in [0.717, 1.165) is 18.9 Å². The van der Waals surface area contributed by atoms with Crippen LogP contribution in [0.2, 0.25) is 0 Å². The van der Waals surface area contributed by atoms with Gasteiger partial charge < -0.3 is 10.4 Å². The summed E-state index contributed by atoms with van der Waals surface area (Å²) >= 11 is 0. The zero-order chi connectivity index (χ0) is 9.97. The first-order chi connectivity index (χ1) is 6.77. The highest BCUT2D eigenvalue weighted by Crippen LogP contribution is 2.39. The molecule has 3 nitrogen and oxygen atoms in total. The molecule has 2 rings (SSSR count). The monoisotopic (exact) mass is 197 g/mol. The van der Waals surface area contributed by atoms with Crippen LogP contribution < -0.4 is 5.32 Å². The van der Waals surface area contributed by atoms with Crippen molar-refractivity contribution in [2.45, 2.75) is 44.6 Å². The minimum atomic E-state index is -0.635. The van der Waals surface area contributed by atoms with Crippen LogP contribution in [0.1, 0.15) is 38.5 Å². The third-order valence-electron chi connectivity index (χ3n) is 3.46. The van der Waals surface area contributed by atoms with Crippen molar-refractivity contribution in [3.05, 3.63) is 0 Å². The van der Waals surface area contributed by atoms with Crippen LogP contribution in [0.5, 0.6) is 0 Å². The fourth-order valence-corrected chi connectivity index (χ4v) is 2.61. The van der Waals surface area contributed by atoms with Gasteiger partial charge in [-0.1, -0.05) is 6.42 Å². The van der Waals surface area contributed by atoms with Crippen molar-refractivity contribution >= 4 is 5.97 Å². The molecule has 0 amide bonds. The maximum atomic E-state index is 10.7. The number of carboxylic acids is 1. The van der Waals surface area contributed by atoms with Gasteiger partial charge in [-0.2, -0.15) is 0 Å². The van der Waals surface area contributed by atoms with E-state index in [1.165, 1.54) is 25.7 Å². The van der Waals surface area contributed by atoms with Gasteiger partial charge in [0.25, 0.3) is 0 Å². The van der Waals surface area contributed by atoms with Crippen molar-refractivity contribution in [3.63, 3.8) is 0 Å². The maximum absolute atomic E-state index is 10.7. The van der Waals surface area contributed by atoms with Gasteiger partial charge in [0.15, 0.2) is 0 Å². The summed E-state index contributed by atoms with van der Waals surface area (Å²) in [5, 5.41) is 12.4. The highest BCUT2D eigenvalue weighted by atomic mass is 16.4. The first-order valence-corrected chi connectivity index (χ1v) is 5.72. The van der Waals surface area contributed by atoms with Crippen LogP contribution in [0.25, 0.3) is 0 Å². The molecule has 1 heterocycles. The minimum Gasteiger partial charge on any atom is -0.481 e. The Morgan fingerprint density at radius 3 is 2.71 bits per heavy atom. The molecule has 0 spiro atoms. The highest BCUT2D eigenvalue weighted by molar-refractivity contribution is 5.67. The molecule has 1 aliphatic carbocycles. The summed E-state index contributed by atoms with van der Waals surface area (Å²) in [5.74, 6) is 0.518. The summed E-state index contributed by atoms with van der Waals surface area (Å²) in [7, 11) is 0. The van der Waals surface area contributed by atoms with Gasteiger partial charge in [-0.25, -0.2) is 0 Å². The molecule has 0 aromatic carbocycles. The molecule has 2 atom stereocenters. The van der Waals surface area contributed by atoms with Gasteiger partial charge in [-0.3, -0.25) is 4.79 Å². The second-order valence-electron chi connectivity index (χ2n) is 4.67. The molecule has 0 aromatic heterocycles. The number of hydrogen-bond donors (Lipinski definition) is 2. The van der Waals surface area contributed by atoms with Crippen molar-refractivity contribution in [1.29, 1.82) is 0 Å². The molecule has 3 heteroatoms. The second-order valence-corrected chi connectivity index (χ2v) is 4.67. The van der Waals surface area contributed by atoms with Gasteiger partial charge >= 0.3 is 5.97 Å². The van der Waals surface area contributed by atoms with Crippen LogP contribution in [-0.4, -0.2) is 23.7 Å². The lowest BCUT2D eigenvalue weighted by molar-refractivity contribution is -0.138. The van der Waals surface area contributed by atoms with E-state index >= 15 is 0 Å². The predicted octanol–water partition coefficient (Wildman–Crippen LogP) is 1.63. The summed E-state index contributed by atoms with van der Waals surface area (Å²) in [5.41, 5.74) is 0. The smallest absolute Gasteiger partial charge is 0.303 e. The second kappa shape index (κ2) is 4.30. The molecular weight excluding hydrogens is 178 g/mol. The van der Waals surface area contributed by atoms with Crippen molar-refractivity contribution in [1.82, 2.24) is 5.32 Å². The van der Waals surface area contributed by atoms with E-state index in [9.17, 15) is 4.79 Å². The van der Waals surface area contributed by atoms with Crippen molar-refractivity contribution in [2.24, 2.45) is 11.8 Å². The molecule has 2 fully saturated rings. The Morgan fingerprint density at radius 2 is 2.07 bits per heavy atom. The Balaban J connectivity index is 1.95. The molecule has 1 saturated heterocycles. The molecule has 2 N–H and O–H groups in total. The summed E-state index contributed by atoms with van der Waals surface area (Å²) in [4.78, 5) is 10.7. The highest BCUT2D eigenvalue weighted by Gasteiger charge is 2.37. The third kappa shape index (κ3) is 2.47. The standard InChI is InChI=1S/C11H19NO2/c13-10(14)7-9-3-1-2-6-12-11(9)8-4-5-8/h8-9,11-12H,1-7H2,(H,13,14)/t9-,11-/m1/s1. The number of aliphatic carboxylic acids is 1. The Labute approximate surface area is 84.9 Å². The Hall–Kier alpha value is -0.570. The number of carbonyl (C=O) groups is 1. The van der Waals surface area contributed by atoms with Gasteiger partial charge in [-0.05, 0) is 44.1 Å². The van der Waals surface area contributed by atoms with E-state index in [1.807, 2.05) is 0 Å². The molecule has 1 saturated carbocycles. The average Bonchev–Trinajstić information content (AvgIpc) is 2.87. The van der Waals surface area contributed by atoms with Gasteiger partial charge in [0.2, 0.25) is 0 Å². The van der Waals surface area contributed by atoms with Crippen molar-refractivity contribution in [3.8, 4) is 0 Å². The molecule has 0 radical (unpaired) electrons. The van der Waals surface area contributed by atoms with E-state index in [-0.39, 0.29) is 0 Å². The summed E-state index contributed by atoms with van der Waals surface area (Å²) in [6.07, 6.45) is 6.45. The van der Waals surface area contributed by atoms with Crippen molar-refractivity contribution < 1.29 is 9.90 Å². The Bertz CT molecular complexity index is 213. The lowest BCUT2D eigenvalue weighted by Crippen LogP contribution is -2.37. The van der Waals surface area contributed by atoms with Gasteiger partial charge in [0.1, 0.15) is 0 Å². The van der Waals surface area contributed by atoms with Gasteiger partial charge in [0, 0.05) is 12.5 Å². The molecule has 14 heavy (non-hydrogen) atoms. The number of hydrogen-bond acceptors (Lipinski definition) is 2. The van der Waals surface area contributed by atoms with Crippen LogP contribution in [0.3, 0.4) is 0 Å². The minimum absolute atomic E-state index is 0.355. The molecule has 2 aliphatic rings. The van der Waals surface area contributed by atoms with Crippen LogP contribution >= 0.6 is 0 Å². The molecule has 0 aromatic rings. The Kier molecular flexibility index (Phi) is 3.06. The quantitative estimate of drug-likeness (QED) is 0.723. The lowest BCUT2D eigenvalue weighted by atomic mass is 9.89. The van der Waals surface area contributed by atoms with Gasteiger partial charge in [0.05, 0.1) is 0 Å². The fraction of sp³-hybridized carbons (Fsp3) is 0.909. The predicted molar refractivity (Wildman–Crippen MR) is 54.1 cm³/mol. The van der Waals surface area contributed by atoms with E-state index in [2.05, 4.69) is 5.32 Å². The largest absolute Gasteiger partial charge is 0.481 e. The molecule has 80 valence electrons. The zero-order valence-corrected chi connectivity index (χ0v) is 8.54. The van der Waals surface area contributed by atoms with E-state index in [0.29, 0.717) is 18.4 Å². The first-order valence-electron chi connectivity index (χ1n) is 5.72. The lowest BCUT2D eigenvalue weighted by Gasteiger charge is -2.24. The van der Waals surface area contributed by atoms with Gasteiger partial charge in [-0.15, -0.1) is 0 Å². The first kappa shape index (κ1) is 9.97. The van der Waals surface area contributed by atoms with Crippen LogP contribution in [-0.2, 0) is 4.79 Å².